The summed E-state index contributed by atoms with van der Waals surface area (Å²) in [4.78, 5) is 46.7. The van der Waals surface area contributed by atoms with Crippen LogP contribution < -0.4 is 5.32 Å². The summed E-state index contributed by atoms with van der Waals surface area (Å²) in [6, 6.07) is -1.25. The first-order chi connectivity index (χ1) is 11.6. The zero-order valence-corrected chi connectivity index (χ0v) is 16.4. The summed E-state index contributed by atoms with van der Waals surface area (Å²) < 4.78 is 15.0. The van der Waals surface area contributed by atoms with E-state index >= 15 is 0 Å². The summed E-state index contributed by atoms with van der Waals surface area (Å²) in [5.41, 5.74) is -1.48. The lowest BCUT2D eigenvalue weighted by molar-refractivity contribution is -0.164. The smallest absolute Gasteiger partial charge is 0.408 e. The van der Waals surface area contributed by atoms with Gasteiger partial charge in [-0.05, 0) is 54.9 Å². The molecule has 1 amide bonds. The molecule has 0 fully saturated rings. The number of carboxylic acids is 1. The lowest BCUT2D eigenvalue weighted by Crippen LogP contribution is -2.46. The second kappa shape index (κ2) is 9.40. The largest absolute Gasteiger partial charge is 0.479 e. The van der Waals surface area contributed by atoms with E-state index in [1.807, 2.05) is 0 Å². The quantitative estimate of drug-likeness (QED) is 0.511. The highest BCUT2D eigenvalue weighted by Crippen LogP contribution is 2.12. The van der Waals surface area contributed by atoms with E-state index in [9.17, 15) is 19.2 Å². The number of hydrogen-bond donors (Lipinski definition) is 2. The van der Waals surface area contributed by atoms with E-state index < -0.39 is 47.3 Å². The van der Waals surface area contributed by atoms with Crippen LogP contribution in [0.2, 0.25) is 0 Å². The molecule has 0 bridgehead atoms. The number of rotatable bonds is 7. The highest BCUT2D eigenvalue weighted by atomic mass is 16.6. The summed E-state index contributed by atoms with van der Waals surface area (Å²) in [7, 11) is 0. The fraction of sp³-hybridized carbons (Fsp3) is 0.765. The third-order valence-corrected chi connectivity index (χ3v) is 2.67. The van der Waals surface area contributed by atoms with Gasteiger partial charge in [0, 0.05) is 6.42 Å². The molecule has 0 radical (unpaired) electrons. The molecule has 0 spiro atoms. The van der Waals surface area contributed by atoms with E-state index in [1.54, 1.807) is 41.5 Å². The highest BCUT2D eigenvalue weighted by molar-refractivity contribution is 5.84. The molecule has 0 aliphatic heterocycles. The van der Waals surface area contributed by atoms with Gasteiger partial charge in [0.2, 0.25) is 0 Å². The number of carboxylic acid groups (broad SMARTS) is 1. The van der Waals surface area contributed by atoms with Crippen molar-refractivity contribution in [3.8, 4) is 0 Å². The minimum Gasteiger partial charge on any atom is -0.479 e. The summed E-state index contributed by atoms with van der Waals surface area (Å²) in [6.45, 7) is 11.2. The number of ether oxygens (including phenoxy) is 3. The Balaban J connectivity index is 4.98. The molecule has 0 saturated heterocycles. The molecule has 9 heteroatoms. The van der Waals surface area contributed by atoms with Crippen molar-refractivity contribution in [2.45, 2.75) is 84.7 Å². The number of esters is 2. The summed E-state index contributed by atoms with van der Waals surface area (Å²) >= 11 is 0. The van der Waals surface area contributed by atoms with Crippen LogP contribution in [0.1, 0.15) is 61.3 Å². The van der Waals surface area contributed by atoms with E-state index in [0.29, 0.717) is 0 Å². The number of amides is 1. The number of carbonyl (C=O) groups is 4. The fourth-order valence-corrected chi connectivity index (χ4v) is 1.66. The Bertz CT molecular complexity index is 530. The van der Waals surface area contributed by atoms with Crippen molar-refractivity contribution in [2.24, 2.45) is 0 Å². The molecule has 0 aromatic rings. The first kappa shape index (κ1) is 23.7. The summed E-state index contributed by atoms with van der Waals surface area (Å²) in [5.74, 6) is -2.87. The monoisotopic (exact) mass is 375 g/mol. The molecule has 9 nitrogen and oxygen atoms in total. The van der Waals surface area contributed by atoms with E-state index in [1.165, 1.54) is 6.92 Å². The number of alkyl carbamates (subject to hydrolysis) is 1. The van der Waals surface area contributed by atoms with Gasteiger partial charge in [0.25, 0.3) is 0 Å². The Kier molecular flexibility index (Phi) is 8.56. The Morgan fingerprint density at radius 2 is 1.46 bits per heavy atom. The number of hydrogen-bond acceptors (Lipinski definition) is 7. The minimum absolute atomic E-state index is 0.126. The fourth-order valence-electron chi connectivity index (χ4n) is 1.66. The summed E-state index contributed by atoms with van der Waals surface area (Å²) in [5, 5.41) is 11.1. The van der Waals surface area contributed by atoms with E-state index in [2.05, 4.69) is 5.32 Å². The zero-order valence-electron chi connectivity index (χ0n) is 16.4. The lowest BCUT2D eigenvalue weighted by Gasteiger charge is -2.24. The third kappa shape index (κ3) is 11.3. The maximum atomic E-state index is 12.1. The van der Waals surface area contributed by atoms with Crippen LogP contribution in [0.25, 0.3) is 0 Å². The Morgan fingerprint density at radius 3 is 1.88 bits per heavy atom. The van der Waals surface area contributed by atoms with Crippen LogP contribution in [-0.4, -0.2) is 52.5 Å². The van der Waals surface area contributed by atoms with Crippen LogP contribution in [0.15, 0.2) is 0 Å². The van der Waals surface area contributed by atoms with Gasteiger partial charge in [-0.15, -0.1) is 0 Å². The molecule has 0 aromatic carbocycles. The van der Waals surface area contributed by atoms with Crippen molar-refractivity contribution in [3.05, 3.63) is 0 Å². The molecule has 0 saturated carbocycles. The molecule has 2 unspecified atom stereocenters. The maximum absolute atomic E-state index is 12.1. The normalized spacial score (nSPS) is 14.0. The van der Waals surface area contributed by atoms with Crippen molar-refractivity contribution in [1.29, 1.82) is 0 Å². The van der Waals surface area contributed by atoms with Gasteiger partial charge in [0.1, 0.15) is 17.2 Å². The molecular weight excluding hydrogens is 346 g/mol. The molecule has 0 aliphatic carbocycles. The van der Waals surface area contributed by atoms with Gasteiger partial charge in [-0.25, -0.2) is 14.4 Å². The number of carbonyl (C=O) groups excluding carboxylic acids is 3. The van der Waals surface area contributed by atoms with Gasteiger partial charge < -0.3 is 24.6 Å². The second-order valence-corrected chi connectivity index (χ2v) is 7.74. The van der Waals surface area contributed by atoms with Crippen LogP contribution in [0.3, 0.4) is 0 Å². The molecule has 150 valence electrons. The first-order valence-electron chi connectivity index (χ1n) is 8.25. The van der Waals surface area contributed by atoms with Gasteiger partial charge in [0.05, 0.1) is 0 Å². The average molecular weight is 375 g/mol. The van der Waals surface area contributed by atoms with Crippen LogP contribution in [0, 0.1) is 0 Å². The predicted molar refractivity (Wildman–Crippen MR) is 91.4 cm³/mol. The molecule has 2 atom stereocenters. The summed E-state index contributed by atoms with van der Waals surface area (Å²) in [6.07, 6.45) is -2.58. The first-order valence-corrected chi connectivity index (χ1v) is 8.25. The van der Waals surface area contributed by atoms with E-state index in [4.69, 9.17) is 19.3 Å². The molecular formula is C17H29NO8. The van der Waals surface area contributed by atoms with E-state index in [0.717, 1.165) is 0 Å². The third-order valence-electron chi connectivity index (χ3n) is 2.67. The maximum Gasteiger partial charge on any atom is 0.408 e. The molecule has 0 heterocycles. The predicted octanol–water partition coefficient (Wildman–Crippen LogP) is 2.02. The number of aliphatic carboxylic acids is 1. The molecule has 2 N–H and O–H groups in total. The van der Waals surface area contributed by atoms with Gasteiger partial charge in [-0.3, -0.25) is 4.79 Å². The van der Waals surface area contributed by atoms with Gasteiger partial charge in [-0.2, -0.15) is 0 Å². The molecule has 0 aliphatic rings. The minimum atomic E-state index is -1.40. The Hall–Kier alpha value is -2.32. The molecule has 0 aromatic heterocycles. The van der Waals surface area contributed by atoms with Crippen LogP contribution in [0.4, 0.5) is 4.79 Å². The van der Waals surface area contributed by atoms with Crippen molar-refractivity contribution >= 4 is 24.0 Å². The molecule has 26 heavy (non-hydrogen) atoms. The molecule has 0 rings (SSSR count). The van der Waals surface area contributed by atoms with Crippen molar-refractivity contribution in [1.82, 2.24) is 5.32 Å². The van der Waals surface area contributed by atoms with Crippen LogP contribution in [-0.2, 0) is 28.6 Å². The van der Waals surface area contributed by atoms with Crippen molar-refractivity contribution < 1.29 is 38.5 Å². The van der Waals surface area contributed by atoms with Crippen LogP contribution in [0.5, 0.6) is 0 Å². The lowest BCUT2D eigenvalue weighted by atomic mass is 10.1. The average Bonchev–Trinajstić information content (AvgIpc) is 2.38. The standard InChI is InChI=1S/C17H29NO8/c1-10(13(20)21)24-14(22)11(18-15(23)26-17(5,6)7)8-9-12(19)25-16(2,3)4/h10-11H,8-9H2,1-7H3,(H,18,23)(H,20,21). The van der Waals surface area contributed by atoms with Gasteiger partial charge in [0.15, 0.2) is 6.10 Å². The Labute approximate surface area is 153 Å². The highest BCUT2D eigenvalue weighted by Gasteiger charge is 2.29. The van der Waals surface area contributed by atoms with E-state index in [-0.39, 0.29) is 12.8 Å². The second-order valence-electron chi connectivity index (χ2n) is 7.74. The Morgan fingerprint density at radius 1 is 0.962 bits per heavy atom. The van der Waals surface area contributed by atoms with Gasteiger partial charge >= 0.3 is 24.0 Å². The van der Waals surface area contributed by atoms with Crippen molar-refractivity contribution in [3.63, 3.8) is 0 Å². The van der Waals surface area contributed by atoms with Gasteiger partial charge in [-0.1, -0.05) is 0 Å². The van der Waals surface area contributed by atoms with Crippen molar-refractivity contribution in [2.75, 3.05) is 0 Å². The van der Waals surface area contributed by atoms with Crippen LogP contribution >= 0.6 is 0 Å². The zero-order chi connectivity index (χ0) is 20.7. The number of nitrogens with one attached hydrogen (secondary N) is 1. The topological polar surface area (TPSA) is 128 Å². The SMILES string of the molecule is CC(OC(=O)C(CCC(=O)OC(C)(C)C)NC(=O)OC(C)(C)C)C(=O)O.